The van der Waals surface area contributed by atoms with Crippen LogP contribution < -0.4 is 0 Å². The molecular weight excluding hydrogens is 347 g/mol. The molecule has 24 heavy (non-hydrogen) atoms. The van der Waals surface area contributed by atoms with Gasteiger partial charge in [0.1, 0.15) is 0 Å². The maximum absolute atomic E-state index is 10.1. The summed E-state index contributed by atoms with van der Waals surface area (Å²) in [4.78, 5) is 4.08. The van der Waals surface area contributed by atoms with Gasteiger partial charge in [-0.25, -0.2) is 8.42 Å². The monoisotopic (exact) mass is 362 g/mol. The summed E-state index contributed by atoms with van der Waals surface area (Å²) < 4.78 is 35.3. The van der Waals surface area contributed by atoms with Crippen molar-refractivity contribution in [2.75, 3.05) is 0 Å². The predicted molar refractivity (Wildman–Crippen MR) is 92.3 cm³/mol. The summed E-state index contributed by atoms with van der Waals surface area (Å²) >= 11 is 0. The molecule has 0 aliphatic carbocycles. The lowest BCUT2D eigenvalue weighted by atomic mass is 10.4. The fraction of sp³-hybridized carbons (Fsp3) is 0. The van der Waals surface area contributed by atoms with Crippen LogP contribution in [0.2, 0.25) is 0 Å². The van der Waals surface area contributed by atoms with Crippen LogP contribution in [0.4, 0.5) is 3.89 Å². The van der Waals surface area contributed by atoms with Gasteiger partial charge in [0.25, 0.3) is 10.5 Å². The molecule has 0 bridgehead atoms. The average Bonchev–Trinajstić information content (AvgIpc) is 2.57. The van der Waals surface area contributed by atoms with Gasteiger partial charge in [-0.15, -0.1) is 3.89 Å². The van der Waals surface area contributed by atoms with Crippen molar-refractivity contribution in [1.29, 1.82) is 0 Å². The standard InChI is InChI=1S/C18H15S.FHO3S/c1-4-10-16(11-5-1)19(17-12-6-2-7-13-17)18-14-8-3-9-15-18;1-5(2,3)4/h1-15H;(H,2,3,4)/q+1;/p-1. The Morgan fingerprint density at radius 3 is 1.04 bits per heavy atom. The van der Waals surface area contributed by atoms with E-state index in [4.69, 9.17) is 13.0 Å². The largest absolute Gasteiger partial charge is 0.722 e. The molecule has 0 aliphatic rings. The molecule has 0 aromatic heterocycles. The zero-order chi connectivity index (χ0) is 17.4. The fourth-order valence-corrected chi connectivity index (χ4v) is 4.18. The van der Waals surface area contributed by atoms with Gasteiger partial charge in [-0.1, -0.05) is 54.6 Å². The van der Waals surface area contributed by atoms with E-state index in [2.05, 4.69) is 91.0 Å². The summed E-state index contributed by atoms with van der Waals surface area (Å²) in [7, 11) is -5.43. The van der Waals surface area contributed by atoms with Crippen LogP contribution in [0.5, 0.6) is 0 Å². The van der Waals surface area contributed by atoms with E-state index in [0.29, 0.717) is 0 Å². The van der Waals surface area contributed by atoms with Gasteiger partial charge in [0, 0.05) is 0 Å². The van der Waals surface area contributed by atoms with Crippen molar-refractivity contribution in [3.63, 3.8) is 0 Å². The SMILES string of the molecule is O=S(=O)([O-])F.c1ccc([S+](c2ccccc2)c2ccccc2)cc1. The normalized spacial score (nSPS) is 10.8. The predicted octanol–water partition coefficient (Wildman–Crippen LogP) is 4.20. The van der Waals surface area contributed by atoms with E-state index in [9.17, 15) is 3.89 Å². The number of rotatable bonds is 3. The first-order chi connectivity index (χ1) is 11.4. The summed E-state index contributed by atoms with van der Waals surface area (Å²) in [6.45, 7) is 0. The zero-order valence-electron chi connectivity index (χ0n) is 12.6. The van der Waals surface area contributed by atoms with Crippen molar-refractivity contribution in [3.05, 3.63) is 91.0 Å². The van der Waals surface area contributed by atoms with E-state index in [1.54, 1.807) is 0 Å². The minimum Gasteiger partial charge on any atom is -0.722 e. The Balaban J connectivity index is 0.000000368. The second-order valence-electron chi connectivity index (χ2n) is 4.64. The molecule has 0 saturated heterocycles. The van der Waals surface area contributed by atoms with Crippen LogP contribution in [0.25, 0.3) is 0 Å². The Morgan fingerprint density at radius 1 is 0.625 bits per heavy atom. The Kier molecular flexibility index (Phi) is 6.54. The van der Waals surface area contributed by atoms with E-state index in [1.165, 1.54) is 14.7 Å². The van der Waals surface area contributed by atoms with E-state index in [0.717, 1.165) is 0 Å². The smallest absolute Gasteiger partial charge is 0.255 e. The van der Waals surface area contributed by atoms with Crippen LogP contribution in [-0.4, -0.2) is 13.0 Å². The molecule has 0 saturated carbocycles. The second kappa shape index (κ2) is 8.63. The summed E-state index contributed by atoms with van der Waals surface area (Å²) in [5.74, 6) is 0. The van der Waals surface area contributed by atoms with Gasteiger partial charge >= 0.3 is 0 Å². The third kappa shape index (κ3) is 6.16. The summed E-state index contributed by atoms with van der Waals surface area (Å²) in [5.41, 5.74) is 0. The van der Waals surface area contributed by atoms with Crippen molar-refractivity contribution in [3.8, 4) is 0 Å². The molecule has 0 fully saturated rings. The van der Waals surface area contributed by atoms with E-state index >= 15 is 0 Å². The van der Waals surface area contributed by atoms with Crippen molar-refractivity contribution in [2.45, 2.75) is 14.7 Å². The lowest BCUT2D eigenvalue weighted by Crippen LogP contribution is -2.04. The highest BCUT2D eigenvalue weighted by Gasteiger charge is 2.27. The summed E-state index contributed by atoms with van der Waals surface area (Å²) in [6.07, 6.45) is 0. The Bertz CT molecular complexity index is 737. The molecule has 0 aliphatic heterocycles. The summed E-state index contributed by atoms with van der Waals surface area (Å²) in [5, 5.41) is 0. The molecule has 0 unspecified atom stereocenters. The van der Waals surface area contributed by atoms with Crippen LogP contribution in [0.15, 0.2) is 106 Å². The number of halogens is 1. The van der Waals surface area contributed by atoms with Crippen LogP contribution >= 0.6 is 0 Å². The van der Waals surface area contributed by atoms with Crippen molar-refractivity contribution >= 4 is 21.4 Å². The van der Waals surface area contributed by atoms with Gasteiger partial charge in [0.15, 0.2) is 14.7 Å². The van der Waals surface area contributed by atoms with Gasteiger partial charge in [-0.3, -0.25) is 0 Å². The first-order valence-corrected chi connectivity index (χ1v) is 9.53. The van der Waals surface area contributed by atoms with Gasteiger partial charge in [0.05, 0.1) is 10.9 Å². The molecule has 3 nitrogen and oxygen atoms in total. The number of hydrogen-bond donors (Lipinski definition) is 0. The lowest BCUT2D eigenvalue weighted by molar-refractivity contribution is 0.417. The van der Waals surface area contributed by atoms with E-state index < -0.39 is 10.5 Å². The van der Waals surface area contributed by atoms with Crippen LogP contribution in [0.1, 0.15) is 0 Å². The summed E-state index contributed by atoms with van der Waals surface area (Å²) in [6, 6.07) is 32.2. The van der Waals surface area contributed by atoms with E-state index in [-0.39, 0.29) is 10.9 Å². The first kappa shape index (κ1) is 18.2. The quantitative estimate of drug-likeness (QED) is 0.399. The molecule has 0 atom stereocenters. The third-order valence-electron chi connectivity index (χ3n) is 2.94. The molecule has 124 valence electrons. The van der Waals surface area contributed by atoms with Crippen LogP contribution in [-0.2, 0) is 21.4 Å². The molecule has 3 rings (SSSR count). The van der Waals surface area contributed by atoms with Crippen LogP contribution in [0.3, 0.4) is 0 Å². The Labute approximate surface area is 144 Å². The van der Waals surface area contributed by atoms with Crippen molar-refractivity contribution in [2.24, 2.45) is 0 Å². The van der Waals surface area contributed by atoms with Crippen molar-refractivity contribution in [1.82, 2.24) is 0 Å². The van der Waals surface area contributed by atoms with Crippen molar-refractivity contribution < 1.29 is 16.9 Å². The molecule has 0 N–H and O–H groups in total. The first-order valence-electron chi connectivity index (χ1n) is 7.00. The van der Waals surface area contributed by atoms with Gasteiger partial charge in [-0.05, 0) is 36.4 Å². The second-order valence-corrected chi connectivity index (χ2v) is 7.45. The molecule has 3 aromatic rings. The number of benzene rings is 3. The lowest BCUT2D eigenvalue weighted by Gasteiger charge is -2.07. The molecule has 6 heteroatoms. The van der Waals surface area contributed by atoms with Gasteiger partial charge in [-0.2, -0.15) is 0 Å². The topological polar surface area (TPSA) is 57.2 Å². The minimum atomic E-state index is -5.42. The number of hydrogen-bond acceptors (Lipinski definition) is 3. The molecule has 0 amide bonds. The molecule has 0 spiro atoms. The molecule has 0 heterocycles. The highest BCUT2D eigenvalue weighted by Crippen LogP contribution is 2.30. The third-order valence-corrected chi connectivity index (χ3v) is 5.17. The zero-order valence-corrected chi connectivity index (χ0v) is 14.2. The maximum Gasteiger partial charge on any atom is 0.255 e. The molecule has 0 radical (unpaired) electrons. The van der Waals surface area contributed by atoms with Crippen LogP contribution in [0, 0.1) is 0 Å². The highest BCUT2D eigenvalue weighted by atomic mass is 32.3. The average molecular weight is 362 g/mol. The highest BCUT2D eigenvalue weighted by molar-refractivity contribution is 7.97. The van der Waals surface area contributed by atoms with E-state index in [1.807, 2.05) is 0 Å². The maximum atomic E-state index is 10.1. The molecule has 3 aromatic carbocycles. The fourth-order valence-electron chi connectivity index (χ4n) is 2.08. The van der Waals surface area contributed by atoms with Gasteiger partial charge in [0.2, 0.25) is 0 Å². The minimum absolute atomic E-state index is 0.0146. The Hall–Kier alpha value is -2.15. The molecular formula is C18H15FO3S2. The van der Waals surface area contributed by atoms with Gasteiger partial charge < -0.3 is 4.55 Å². The Morgan fingerprint density at radius 2 is 0.833 bits per heavy atom.